The fourth-order valence-corrected chi connectivity index (χ4v) is 1.47. The Bertz CT molecular complexity index is 473. The standard InChI is InChI=1S/C11H11BrN4/c1-8-10(12)4-5-11(15-8)13-7-9-3-2-6-14-16-9/h2-6H,7H2,1H3,(H,13,15). The molecule has 2 rings (SSSR count). The molecule has 0 bridgehead atoms. The third kappa shape index (κ3) is 2.76. The second-order valence-corrected chi connectivity index (χ2v) is 4.19. The first-order valence-corrected chi connectivity index (χ1v) is 5.68. The van der Waals surface area contributed by atoms with E-state index in [4.69, 9.17) is 0 Å². The van der Waals surface area contributed by atoms with Crippen molar-refractivity contribution < 1.29 is 0 Å². The smallest absolute Gasteiger partial charge is 0.126 e. The minimum Gasteiger partial charge on any atom is -0.364 e. The Hall–Kier alpha value is -1.49. The number of halogens is 1. The summed E-state index contributed by atoms with van der Waals surface area (Å²) >= 11 is 3.41. The van der Waals surface area contributed by atoms with E-state index in [1.807, 2.05) is 31.2 Å². The van der Waals surface area contributed by atoms with E-state index < -0.39 is 0 Å². The van der Waals surface area contributed by atoms with E-state index in [1.54, 1.807) is 6.20 Å². The second kappa shape index (κ2) is 5.03. The summed E-state index contributed by atoms with van der Waals surface area (Å²) in [6.07, 6.45) is 1.66. The molecule has 0 aromatic carbocycles. The fraction of sp³-hybridized carbons (Fsp3) is 0.182. The number of pyridine rings is 1. The van der Waals surface area contributed by atoms with Gasteiger partial charge in [-0.1, -0.05) is 0 Å². The van der Waals surface area contributed by atoms with Gasteiger partial charge < -0.3 is 5.32 Å². The molecule has 1 N–H and O–H groups in total. The lowest BCUT2D eigenvalue weighted by Gasteiger charge is -2.06. The predicted octanol–water partition coefficient (Wildman–Crippen LogP) is 2.55. The number of anilines is 1. The Morgan fingerprint density at radius 3 is 2.88 bits per heavy atom. The van der Waals surface area contributed by atoms with Crippen LogP contribution >= 0.6 is 15.9 Å². The van der Waals surface area contributed by atoms with E-state index in [9.17, 15) is 0 Å². The largest absolute Gasteiger partial charge is 0.364 e. The van der Waals surface area contributed by atoms with Crippen LogP contribution in [0.5, 0.6) is 0 Å². The number of aryl methyl sites for hydroxylation is 1. The molecule has 0 amide bonds. The molecule has 2 aromatic heterocycles. The van der Waals surface area contributed by atoms with E-state index in [0.29, 0.717) is 6.54 Å². The molecule has 0 aliphatic heterocycles. The maximum Gasteiger partial charge on any atom is 0.126 e. The van der Waals surface area contributed by atoms with Crippen molar-refractivity contribution in [3.63, 3.8) is 0 Å². The quantitative estimate of drug-likeness (QED) is 0.938. The van der Waals surface area contributed by atoms with Crippen molar-refractivity contribution in [3.05, 3.63) is 46.3 Å². The van der Waals surface area contributed by atoms with Gasteiger partial charge in [-0.25, -0.2) is 4.98 Å². The molecule has 0 radical (unpaired) electrons. The van der Waals surface area contributed by atoms with Gasteiger partial charge in [0.2, 0.25) is 0 Å². The highest BCUT2D eigenvalue weighted by Gasteiger charge is 1.99. The highest BCUT2D eigenvalue weighted by atomic mass is 79.9. The maximum atomic E-state index is 4.38. The number of rotatable bonds is 3. The van der Waals surface area contributed by atoms with Gasteiger partial charge in [-0.15, -0.1) is 0 Å². The fourth-order valence-electron chi connectivity index (χ4n) is 1.25. The zero-order valence-electron chi connectivity index (χ0n) is 8.81. The zero-order chi connectivity index (χ0) is 11.4. The van der Waals surface area contributed by atoms with E-state index in [1.165, 1.54) is 0 Å². The molecule has 0 saturated carbocycles. The first-order valence-electron chi connectivity index (χ1n) is 4.89. The molecule has 0 saturated heterocycles. The monoisotopic (exact) mass is 278 g/mol. The summed E-state index contributed by atoms with van der Waals surface area (Å²) in [5.41, 5.74) is 1.86. The molecule has 0 aliphatic carbocycles. The number of nitrogens with one attached hydrogen (secondary N) is 1. The van der Waals surface area contributed by atoms with Crippen molar-refractivity contribution in [2.45, 2.75) is 13.5 Å². The first kappa shape index (κ1) is 11.0. The van der Waals surface area contributed by atoms with Gasteiger partial charge in [0.25, 0.3) is 0 Å². The van der Waals surface area contributed by atoms with Crippen LogP contribution in [-0.4, -0.2) is 15.2 Å². The molecular weight excluding hydrogens is 268 g/mol. The van der Waals surface area contributed by atoms with Crippen LogP contribution in [0.1, 0.15) is 11.4 Å². The van der Waals surface area contributed by atoms with E-state index in [2.05, 4.69) is 36.4 Å². The van der Waals surface area contributed by atoms with Crippen molar-refractivity contribution in [1.29, 1.82) is 0 Å². The number of hydrogen-bond acceptors (Lipinski definition) is 4. The Balaban J connectivity index is 2.03. The summed E-state index contributed by atoms with van der Waals surface area (Å²) in [5.74, 6) is 0.839. The Morgan fingerprint density at radius 1 is 1.31 bits per heavy atom. The van der Waals surface area contributed by atoms with Crippen LogP contribution in [0.15, 0.2) is 34.9 Å². The van der Waals surface area contributed by atoms with E-state index in [0.717, 1.165) is 21.7 Å². The van der Waals surface area contributed by atoms with Crippen LogP contribution < -0.4 is 5.32 Å². The molecule has 4 nitrogen and oxygen atoms in total. The van der Waals surface area contributed by atoms with E-state index in [-0.39, 0.29) is 0 Å². The van der Waals surface area contributed by atoms with Gasteiger partial charge in [0.15, 0.2) is 0 Å². The number of nitrogens with zero attached hydrogens (tertiary/aromatic N) is 3. The van der Waals surface area contributed by atoms with Crippen molar-refractivity contribution >= 4 is 21.7 Å². The topological polar surface area (TPSA) is 50.7 Å². The van der Waals surface area contributed by atoms with Crippen LogP contribution in [0.3, 0.4) is 0 Å². The molecule has 0 aliphatic rings. The van der Waals surface area contributed by atoms with Crippen LogP contribution in [0, 0.1) is 6.92 Å². The average molecular weight is 279 g/mol. The summed E-state index contributed by atoms with van der Waals surface area (Å²) in [5, 5.41) is 11.0. The van der Waals surface area contributed by atoms with Crippen LogP contribution in [-0.2, 0) is 6.54 Å². The molecule has 0 unspecified atom stereocenters. The molecule has 0 atom stereocenters. The first-order chi connectivity index (χ1) is 7.75. The minimum atomic E-state index is 0.627. The van der Waals surface area contributed by atoms with E-state index >= 15 is 0 Å². The molecular formula is C11H11BrN4. The van der Waals surface area contributed by atoms with Gasteiger partial charge in [-0.3, -0.25) is 0 Å². The highest BCUT2D eigenvalue weighted by Crippen LogP contribution is 2.16. The normalized spacial score (nSPS) is 10.1. The summed E-state index contributed by atoms with van der Waals surface area (Å²) in [7, 11) is 0. The van der Waals surface area contributed by atoms with Crippen molar-refractivity contribution in [1.82, 2.24) is 15.2 Å². The molecule has 2 heterocycles. The van der Waals surface area contributed by atoms with Gasteiger partial charge in [-0.05, 0) is 47.1 Å². The summed E-state index contributed by atoms with van der Waals surface area (Å²) < 4.78 is 1.01. The van der Waals surface area contributed by atoms with Gasteiger partial charge in [-0.2, -0.15) is 10.2 Å². The van der Waals surface area contributed by atoms with Crippen molar-refractivity contribution in [2.24, 2.45) is 0 Å². The van der Waals surface area contributed by atoms with Crippen molar-refractivity contribution in [3.8, 4) is 0 Å². The molecule has 2 aromatic rings. The molecule has 16 heavy (non-hydrogen) atoms. The van der Waals surface area contributed by atoms with Gasteiger partial charge in [0, 0.05) is 10.7 Å². The van der Waals surface area contributed by atoms with Crippen molar-refractivity contribution in [2.75, 3.05) is 5.32 Å². The Morgan fingerprint density at radius 2 is 2.19 bits per heavy atom. The van der Waals surface area contributed by atoms with Gasteiger partial charge in [0.05, 0.1) is 17.9 Å². The summed E-state index contributed by atoms with van der Waals surface area (Å²) in [6, 6.07) is 7.69. The lowest BCUT2D eigenvalue weighted by molar-refractivity contribution is 0.919. The van der Waals surface area contributed by atoms with Crippen LogP contribution in [0.4, 0.5) is 5.82 Å². The zero-order valence-corrected chi connectivity index (χ0v) is 10.4. The lowest BCUT2D eigenvalue weighted by Crippen LogP contribution is -2.04. The average Bonchev–Trinajstić information content (AvgIpc) is 2.32. The second-order valence-electron chi connectivity index (χ2n) is 3.33. The lowest BCUT2D eigenvalue weighted by atomic mass is 10.3. The Kier molecular flexibility index (Phi) is 3.46. The van der Waals surface area contributed by atoms with Gasteiger partial charge in [0.1, 0.15) is 5.82 Å². The summed E-state index contributed by atoms with van der Waals surface area (Å²) in [4.78, 5) is 4.38. The third-order valence-corrected chi connectivity index (χ3v) is 2.94. The summed E-state index contributed by atoms with van der Waals surface area (Å²) in [6.45, 7) is 2.58. The minimum absolute atomic E-state index is 0.627. The van der Waals surface area contributed by atoms with Crippen LogP contribution in [0.2, 0.25) is 0 Å². The van der Waals surface area contributed by atoms with Gasteiger partial charge >= 0.3 is 0 Å². The SMILES string of the molecule is Cc1nc(NCc2cccnn2)ccc1Br. The molecule has 0 fully saturated rings. The molecule has 0 spiro atoms. The highest BCUT2D eigenvalue weighted by molar-refractivity contribution is 9.10. The third-order valence-electron chi connectivity index (χ3n) is 2.10. The van der Waals surface area contributed by atoms with Crippen LogP contribution in [0.25, 0.3) is 0 Å². The Labute approximate surface area is 102 Å². The molecule has 82 valence electrons. The maximum absolute atomic E-state index is 4.38. The molecule has 5 heteroatoms. The predicted molar refractivity (Wildman–Crippen MR) is 66.0 cm³/mol. The number of aromatic nitrogens is 3. The number of hydrogen-bond donors (Lipinski definition) is 1.